The number of carbonyl (C=O) groups is 1. The summed E-state index contributed by atoms with van der Waals surface area (Å²) in [6, 6.07) is 0. The van der Waals surface area contributed by atoms with E-state index in [0.29, 0.717) is 11.3 Å². The van der Waals surface area contributed by atoms with Crippen molar-refractivity contribution in [2.24, 2.45) is 0 Å². The number of hydrogen-bond donors (Lipinski definition) is 2. The Morgan fingerprint density at radius 1 is 1.58 bits per heavy atom. The number of hydrogen-bond acceptors (Lipinski definition) is 2. The van der Waals surface area contributed by atoms with Crippen molar-refractivity contribution in [3.05, 3.63) is 23.5 Å². The number of aromatic nitrogens is 1. The molecule has 0 spiro atoms. The van der Waals surface area contributed by atoms with E-state index in [1.54, 1.807) is 12.2 Å². The molecule has 1 aromatic rings. The van der Waals surface area contributed by atoms with Crippen LogP contribution in [-0.2, 0) is 0 Å². The number of aromatic hydroxyl groups is 1. The average molecular weight is 228 g/mol. The van der Waals surface area contributed by atoms with E-state index in [2.05, 4.69) is 20.9 Å². The molecule has 1 atom stereocenters. The Labute approximate surface area is 77.2 Å². The number of ketones is 1. The molecule has 1 aromatic heterocycles. The van der Waals surface area contributed by atoms with Crippen LogP contribution in [0.2, 0.25) is 0 Å². The van der Waals surface area contributed by atoms with Gasteiger partial charge in [-0.15, -0.1) is 0 Å². The highest BCUT2D eigenvalue weighted by molar-refractivity contribution is 9.10. The van der Waals surface area contributed by atoms with Gasteiger partial charge < -0.3 is 10.1 Å². The lowest BCUT2D eigenvalue weighted by Crippen LogP contribution is -2.15. The van der Waals surface area contributed by atoms with Crippen LogP contribution in [0, 0.1) is 0 Å². The molecule has 1 aliphatic carbocycles. The van der Waals surface area contributed by atoms with Gasteiger partial charge in [0.15, 0.2) is 5.78 Å². The van der Waals surface area contributed by atoms with Crippen LogP contribution < -0.4 is 0 Å². The number of rotatable bonds is 0. The van der Waals surface area contributed by atoms with E-state index in [-0.39, 0.29) is 16.4 Å². The Hall–Kier alpha value is -1.03. The second-order valence-corrected chi connectivity index (χ2v) is 3.57. The number of alkyl halides is 1. The Bertz CT molecular complexity index is 367. The molecule has 1 heterocycles. The second kappa shape index (κ2) is 2.48. The maximum absolute atomic E-state index is 11.4. The van der Waals surface area contributed by atoms with E-state index in [4.69, 9.17) is 0 Å². The summed E-state index contributed by atoms with van der Waals surface area (Å²) < 4.78 is 0. The number of halogens is 1. The molecule has 0 saturated heterocycles. The first-order valence-corrected chi connectivity index (χ1v) is 4.38. The van der Waals surface area contributed by atoms with Crippen molar-refractivity contribution in [1.82, 2.24) is 4.98 Å². The number of fused-ring (bicyclic) bond motifs is 1. The summed E-state index contributed by atoms with van der Waals surface area (Å²) in [5.41, 5.74) is 1.05. The average Bonchev–Trinajstić information content (AvgIpc) is 2.41. The number of nitrogens with one attached hydrogen (secondary N) is 1. The highest BCUT2D eigenvalue weighted by Gasteiger charge is 2.25. The van der Waals surface area contributed by atoms with Crippen LogP contribution in [0.3, 0.4) is 0 Å². The van der Waals surface area contributed by atoms with Gasteiger partial charge in [0, 0.05) is 6.20 Å². The third-order valence-electron chi connectivity index (χ3n) is 1.82. The van der Waals surface area contributed by atoms with Crippen molar-refractivity contribution >= 4 is 27.8 Å². The van der Waals surface area contributed by atoms with Crippen LogP contribution in [0.25, 0.3) is 6.08 Å². The lowest BCUT2D eigenvalue weighted by atomic mass is 10.0. The van der Waals surface area contributed by atoms with Gasteiger partial charge in [0.1, 0.15) is 5.75 Å². The zero-order chi connectivity index (χ0) is 8.72. The first-order chi connectivity index (χ1) is 5.70. The lowest BCUT2D eigenvalue weighted by Gasteiger charge is -2.08. The molecule has 4 heteroatoms. The summed E-state index contributed by atoms with van der Waals surface area (Å²) in [6.45, 7) is 0. The quantitative estimate of drug-likeness (QED) is 0.664. The normalized spacial score (nSPS) is 21.1. The van der Waals surface area contributed by atoms with Gasteiger partial charge in [0.05, 0.1) is 16.1 Å². The summed E-state index contributed by atoms with van der Waals surface area (Å²) in [6.07, 6.45) is 4.93. The summed E-state index contributed by atoms with van der Waals surface area (Å²) in [5, 5.41) is 9.28. The fourth-order valence-corrected chi connectivity index (χ4v) is 1.61. The summed E-state index contributed by atoms with van der Waals surface area (Å²) >= 11 is 3.18. The van der Waals surface area contributed by atoms with Crippen LogP contribution in [0.4, 0.5) is 0 Å². The molecular formula is C8H6BrNO2. The van der Waals surface area contributed by atoms with Gasteiger partial charge in [-0.2, -0.15) is 0 Å². The smallest absolute Gasteiger partial charge is 0.186 e. The zero-order valence-electron chi connectivity index (χ0n) is 6.04. The molecule has 0 aromatic carbocycles. The summed E-state index contributed by atoms with van der Waals surface area (Å²) in [7, 11) is 0. The maximum Gasteiger partial charge on any atom is 0.186 e. The summed E-state index contributed by atoms with van der Waals surface area (Å²) in [5.74, 6) is -0.0879. The van der Waals surface area contributed by atoms with Crippen molar-refractivity contribution in [2.75, 3.05) is 0 Å². The van der Waals surface area contributed by atoms with E-state index in [9.17, 15) is 9.90 Å². The van der Waals surface area contributed by atoms with E-state index >= 15 is 0 Å². The maximum atomic E-state index is 11.4. The topological polar surface area (TPSA) is 53.1 Å². The minimum Gasteiger partial charge on any atom is -0.506 e. The molecule has 12 heavy (non-hydrogen) atoms. The highest BCUT2D eigenvalue weighted by atomic mass is 79.9. The largest absolute Gasteiger partial charge is 0.506 e. The first kappa shape index (κ1) is 7.61. The molecular weight excluding hydrogens is 222 g/mol. The number of carbonyl (C=O) groups excluding carboxylic acids is 1. The molecule has 0 saturated carbocycles. The molecule has 0 fully saturated rings. The third kappa shape index (κ3) is 0.914. The monoisotopic (exact) mass is 227 g/mol. The fraction of sp³-hybridized carbons (Fsp3) is 0.125. The van der Waals surface area contributed by atoms with Gasteiger partial charge in [-0.25, -0.2) is 0 Å². The van der Waals surface area contributed by atoms with Crippen LogP contribution in [0.15, 0.2) is 12.3 Å². The predicted molar refractivity (Wildman–Crippen MR) is 48.5 cm³/mol. The van der Waals surface area contributed by atoms with Crippen LogP contribution >= 0.6 is 15.9 Å². The molecule has 0 aliphatic heterocycles. The van der Waals surface area contributed by atoms with Gasteiger partial charge in [0.25, 0.3) is 0 Å². The molecule has 2 rings (SSSR count). The standard InChI is InChI=1S/C8H6BrNO2/c9-4-1-2-5-7(8(4)12)6(11)3-10-5/h1-4,10-11H. The fourth-order valence-electron chi connectivity index (χ4n) is 1.22. The van der Waals surface area contributed by atoms with Gasteiger partial charge in [0.2, 0.25) is 0 Å². The Kier molecular flexibility index (Phi) is 1.58. The summed E-state index contributed by atoms with van der Waals surface area (Å²) in [4.78, 5) is 13.9. The van der Waals surface area contributed by atoms with Crippen molar-refractivity contribution in [3.63, 3.8) is 0 Å². The minimum atomic E-state index is -0.313. The molecule has 1 unspecified atom stereocenters. The Balaban J connectivity index is 2.63. The van der Waals surface area contributed by atoms with Crippen LogP contribution in [0.5, 0.6) is 5.75 Å². The Morgan fingerprint density at radius 3 is 3.08 bits per heavy atom. The number of allylic oxidation sites excluding steroid dienone is 1. The molecule has 0 amide bonds. The molecule has 0 bridgehead atoms. The molecule has 0 radical (unpaired) electrons. The van der Waals surface area contributed by atoms with Gasteiger partial charge in [-0.05, 0) is 6.08 Å². The van der Waals surface area contributed by atoms with Crippen LogP contribution in [-0.4, -0.2) is 20.7 Å². The molecule has 62 valence electrons. The first-order valence-electron chi connectivity index (χ1n) is 3.47. The Morgan fingerprint density at radius 2 is 2.33 bits per heavy atom. The second-order valence-electron chi connectivity index (χ2n) is 2.59. The van der Waals surface area contributed by atoms with E-state index in [1.165, 1.54) is 6.20 Å². The highest BCUT2D eigenvalue weighted by Crippen LogP contribution is 2.29. The number of H-pyrrole nitrogens is 1. The number of aromatic amines is 1. The lowest BCUT2D eigenvalue weighted by molar-refractivity contribution is 0.0999. The molecule has 1 aliphatic rings. The van der Waals surface area contributed by atoms with Crippen LogP contribution in [0.1, 0.15) is 16.1 Å². The van der Waals surface area contributed by atoms with Crippen molar-refractivity contribution in [2.45, 2.75) is 4.83 Å². The van der Waals surface area contributed by atoms with Crippen molar-refractivity contribution in [3.8, 4) is 5.75 Å². The minimum absolute atomic E-state index is 0.0174. The SMILES string of the molecule is O=C1c2c(O)c[nH]c2C=CC1Br. The van der Waals surface area contributed by atoms with E-state index in [0.717, 1.165) is 0 Å². The predicted octanol–water partition coefficient (Wildman–Crippen LogP) is 1.69. The van der Waals surface area contributed by atoms with Crippen molar-refractivity contribution in [1.29, 1.82) is 0 Å². The van der Waals surface area contributed by atoms with Crippen molar-refractivity contribution < 1.29 is 9.90 Å². The van der Waals surface area contributed by atoms with Gasteiger partial charge >= 0.3 is 0 Å². The third-order valence-corrected chi connectivity index (χ3v) is 2.54. The zero-order valence-corrected chi connectivity index (χ0v) is 7.63. The van der Waals surface area contributed by atoms with Gasteiger partial charge in [-0.3, -0.25) is 4.79 Å². The van der Waals surface area contributed by atoms with Gasteiger partial charge in [-0.1, -0.05) is 22.0 Å². The number of Topliss-reactive ketones (excluding diaryl/α,β-unsaturated/α-hetero) is 1. The van der Waals surface area contributed by atoms with E-state index in [1.807, 2.05) is 0 Å². The molecule has 3 nitrogen and oxygen atoms in total. The van der Waals surface area contributed by atoms with E-state index < -0.39 is 0 Å². The molecule has 2 N–H and O–H groups in total.